The van der Waals surface area contributed by atoms with Crippen molar-refractivity contribution >= 4 is 0 Å². The van der Waals surface area contributed by atoms with E-state index in [1.165, 1.54) is 51.6 Å². The highest BCUT2D eigenvalue weighted by molar-refractivity contribution is 4.96. The Morgan fingerprint density at radius 3 is 2.65 bits per heavy atom. The van der Waals surface area contributed by atoms with Gasteiger partial charge in [0.1, 0.15) is 0 Å². The van der Waals surface area contributed by atoms with Gasteiger partial charge in [0.15, 0.2) is 0 Å². The molecule has 98 valence electrons. The maximum Gasteiger partial charge on any atom is 0.0774 e. The van der Waals surface area contributed by atoms with Crippen LogP contribution in [0, 0.1) is 0 Å². The molecule has 2 atom stereocenters. The first-order valence-corrected chi connectivity index (χ1v) is 7.47. The molecule has 3 heteroatoms. The zero-order valence-corrected chi connectivity index (χ0v) is 10.8. The first-order valence-electron chi connectivity index (χ1n) is 7.47. The summed E-state index contributed by atoms with van der Waals surface area (Å²) in [6, 6.07) is 1.39. The molecule has 2 heterocycles. The van der Waals surface area contributed by atoms with Crippen LogP contribution >= 0.6 is 0 Å². The minimum Gasteiger partial charge on any atom is -0.389 e. The lowest BCUT2D eigenvalue weighted by Gasteiger charge is -2.35. The van der Waals surface area contributed by atoms with E-state index < -0.39 is 0 Å². The quantitative estimate of drug-likeness (QED) is 0.782. The maximum absolute atomic E-state index is 10.6. The van der Waals surface area contributed by atoms with E-state index in [1.54, 1.807) is 0 Å². The number of hydrogen-bond acceptors (Lipinski definition) is 3. The summed E-state index contributed by atoms with van der Waals surface area (Å²) in [7, 11) is 0. The highest BCUT2D eigenvalue weighted by Crippen LogP contribution is 2.33. The fourth-order valence-corrected chi connectivity index (χ4v) is 4.11. The summed E-state index contributed by atoms with van der Waals surface area (Å²) >= 11 is 0. The molecule has 0 radical (unpaired) electrons. The van der Waals surface area contributed by atoms with Gasteiger partial charge in [0, 0.05) is 18.6 Å². The van der Waals surface area contributed by atoms with Gasteiger partial charge < -0.3 is 10.4 Å². The normalized spacial score (nSPS) is 37.9. The Bertz CT molecular complexity index is 257. The number of β-amino-alcohol motifs (C(OH)–C–C–N with tert-alkyl or cyclic N) is 1. The lowest BCUT2D eigenvalue weighted by atomic mass is 9.99. The van der Waals surface area contributed by atoms with E-state index in [0.717, 1.165) is 19.4 Å². The van der Waals surface area contributed by atoms with Crippen LogP contribution in [0.25, 0.3) is 0 Å². The first kappa shape index (κ1) is 11.9. The van der Waals surface area contributed by atoms with Crippen molar-refractivity contribution in [1.82, 2.24) is 10.2 Å². The second-order valence-electron chi connectivity index (χ2n) is 6.31. The lowest BCUT2D eigenvalue weighted by Crippen LogP contribution is -2.49. The van der Waals surface area contributed by atoms with Gasteiger partial charge in [-0.1, -0.05) is 12.8 Å². The van der Waals surface area contributed by atoms with Crippen molar-refractivity contribution in [1.29, 1.82) is 0 Å². The van der Waals surface area contributed by atoms with Gasteiger partial charge in [-0.15, -0.1) is 0 Å². The van der Waals surface area contributed by atoms with Crippen LogP contribution in [0.15, 0.2) is 0 Å². The molecule has 2 saturated heterocycles. The monoisotopic (exact) mass is 238 g/mol. The molecule has 1 saturated carbocycles. The Hall–Kier alpha value is -0.120. The van der Waals surface area contributed by atoms with Gasteiger partial charge in [0.2, 0.25) is 0 Å². The molecule has 2 unspecified atom stereocenters. The fourth-order valence-electron chi connectivity index (χ4n) is 4.11. The van der Waals surface area contributed by atoms with E-state index in [0.29, 0.717) is 12.1 Å². The second kappa shape index (κ2) is 4.87. The Morgan fingerprint density at radius 2 is 1.94 bits per heavy atom. The van der Waals surface area contributed by atoms with Crippen molar-refractivity contribution in [3.63, 3.8) is 0 Å². The summed E-state index contributed by atoms with van der Waals surface area (Å²) < 4.78 is 0. The van der Waals surface area contributed by atoms with Gasteiger partial charge >= 0.3 is 0 Å². The van der Waals surface area contributed by atoms with E-state index >= 15 is 0 Å². The van der Waals surface area contributed by atoms with Crippen molar-refractivity contribution in [3.8, 4) is 0 Å². The van der Waals surface area contributed by atoms with Crippen molar-refractivity contribution in [2.75, 3.05) is 19.6 Å². The molecule has 0 bridgehead atoms. The number of nitrogens with one attached hydrogen (secondary N) is 1. The minimum atomic E-state index is -0.360. The average molecular weight is 238 g/mol. The third-order valence-electron chi connectivity index (χ3n) is 5.01. The number of aliphatic hydroxyl groups is 1. The number of likely N-dealkylation sites (tertiary alicyclic amines) is 1. The smallest absolute Gasteiger partial charge is 0.0774 e. The average Bonchev–Trinajstić information content (AvgIpc) is 2.98. The standard InChI is InChI=1S/C14H26N2O/c17-14(7-1-2-8-14)11-16-10-4-6-13(16)12-5-3-9-15-12/h12-13,15,17H,1-11H2. The molecule has 17 heavy (non-hydrogen) atoms. The van der Waals surface area contributed by atoms with Crippen molar-refractivity contribution in [2.24, 2.45) is 0 Å². The largest absolute Gasteiger partial charge is 0.389 e. The molecule has 0 aromatic carbocycles. The summed E-state index contributed by atoms with van der Waals surface area (Å²) in [4.78, 5) is 2.58. The molecule has 0 amide bonds. The van der Waals surface area contributed by atoms with Crippen molar-refractivity contribution in [3.05, 3.63) is 0 Å². The van der Waals surface area contributed by atoms with Crippen LogP contribution in [0.4, 0.5) is 0 Å². The molecule has 1 aliphatic carbocycles. The van der Waals surface area contributed by atoms with Gasteiger partial charge in [0.25, 0.3) is 0 Å². The molecular formula is C14H26N2O. The Morgan fingerprint density at radius 1 is 1.12 bits per heavy atom. The van der Waals surface area contributed by atoms with Crippen LogP contribution in [0.5, 0.6) is 0 Å². The summed E-state index contributed by atoms with van der Waals surface area (Å²) in [5.74, 6) is 0. The van der Waals surface area contributed by atoms with E-state index in [1.807, 2.05) is 0 Å². The highest BCUT2D eigenvalue weighted by Gasteiger charge is 2.39. The summed E-state index contributed by atoms with van der Waals surface area (Å²) in [5, 5.41) is 14.2. The molecule has 3 aliphatic rings. The minimum absolute atomic E-state index is 0.360. The highest BCUT2D eigenvalue weighted by atomic mass is 16.3. The van der Waals surface area contributed by atoms with Gasteiger partial charge in [-0.05, 0) is 51.6 Å². The van der Waals surface area contributed by atoms with Crippen LogP contribution < -0.4 is 5.32 Å². The van der Waals surface area contributed by atoms with Gasteiger partial charge in [-0.25, -0.2) is 0 Å². The zero-order valence-electron chi connectivity index (χ0n) is 10.8. The second-order valence-corrected chi connectivity index (χ2v) is 6.31. The molecule has 0 aromatic heterocycles. The third-order valence-corrected chi connectivity index (χ3v) is 5.01. The van der Waals surface area contributed by atoms with Crippen LogP contribution in [0.1, 0.15) is 51.4 Å². The molecular weight excluding hydrogens is 212 g/mol. The Labute approximate surface area is 105 Å². The number of nitrogens with zero attached hydrogens (tertiary/aromatic N) is 1. The third kappa shape index (κ3) is 2.51. The molecule has 0 spiro atoms. The molecule has 2 aliphatic heterocycles. The van der Waals surface area contributed by atoms with Crippen LogP contribution in [0.3, 0.4) is 0 Å². The molecule has 3 nitrogen and oxygen atoms in total. The molecule has 3 fully saturated rings. The summed E-state index contributed by atoms with van der Waals surface area (Å²) in [5.41, 5.74) is -0.360. The molecule has 3 rings (SSSR count). The number of rotatable bonds is 3. The van der Waals surface area contributed by atoms with E-state index in [-0.39, 0.29) is 5.60 Å². The predicted molar refractivity (Wildman–Crippen MR) is 69.0 cm³/mol. The van der Waals surface area contributed by atoms with E-state index in [2.05, 4.69) is 10.2 Å². The van der Waals surface area contributed by atoms with Crippen molar-refractivity contribution < 1.29 is 5.11 Å². The van der Waals surface area contributed by atoms with Gasteiger partial charge in [0.05, 0.1) is 5.60 Å². The topological polar surface area (TPSA) is 35.5 Å². The van der Waals surface area contributed by atoms with E-state index in [4.69, 9.17) is 0 Å². The fraction of sp³-hybridized carbons (Fsp3) is 1.00. The van der Waals surface area contributed by atoms with Crippen LogP contribution in [0.2, 0.25) is 0 Å². The Balaban J connectivity index is 1.61. The molecule has 0 aromatic rings. The SMILES string of the molecule is OC1(CN2CCCC2C2CCCN2)CCCC1. The summed E-state index contributed by atoms with van der Waals surface area (Å²) in [6.07, 6.45) is 9.79. The predicted octanol–water partition coefficient (Wildman–Crippen LogP) is 1.51. The first-order chi connectivity index (χ1) is 8.27. The van der Waals surface area contributed by atoms with Crippen LogP contribution in [-0.2, 0) is 0 Å². The van der Waals surface area contributed by atoms with Gasteiger partial charge in [-0.2, -0.15) is 0 Å². The van der Waals surface area contributed by atoms with Gasteiger partial charge in [-0.3, -0.25) is 4.90 Å². The number of hydrogen-bond donors (Lipinski definition) is 2. The zero-order chi connectivity index (χ0) is 11.7. The van der Waals surface area contributed by atoms with E-state index in [9.17, 15) is 5.11 Å². The Kier molecular flexibility index (Phi) is 3.42. The lowest BCUT2D eigenvalue weighted by molar-refractivity contribution is 0.00241. The van der Waals surface area contributed by atoms with Crippen LogP contribution in [-0.4, -0.2) is 47.3 Å². The van der Waals surface area contributed by atoms with Crippen molar-refractivity contribution in [2.45, 2.75) is 69.1 Å². The molecule has 2 N–H and O–H groups in total. The summed E-state index contributed by atoms with van der Waals surface area (Å²) in [6.45, 7) is 3.32. The maximum atomic E-state index is 10.6.